The highest BCUT2D eigenvalue weighted by Gasteiger charge is 2.19. The first-order valence-electron chi connectivity index (χ1n) is 10.1. The molecule has 0 spiro atoms. The van der Waals surface area contributed by atoms with Crippen molar-refractivity contribution in [3.63, 3.8) is 0 Å². The van der Waals surface area contributed by atoms with Crippen molar-refractivity contribution >= 4 is 17.8 Å². The van der Waals surface area contributed by atoms with Crippen molar-refractivity contribution in [2.45, 2.75) is 32.0 Å². The molecule has 0 heterocycles. The number of carbonyl (C=O) groups excluding carboxylic acids is 1. The molecule has 9 heteroatoms. The quantitative estimate of drug-likeness (QED) is 0.138. The fourth-order valence-electron chi connectivity index (χ4n) is 2.97. The molecule has 0 fully saturated rings. The summed E-state index contributed by atoms with van der Waals surface area (Å²) in [6, 6.07) is 18.8. The van der Waals surface area contributed by atoms with E-state index in [1.54, 1.807) is 0 Å². The lowest BCUT2D eigenvalue weighted by molar-refractivity contribution is -0.142. The molecule has 0 aliphatic rings. The first kappa shape index (κ1) is 23.8. The normalized spacial score (nSPS) is 11.6. The highest BCUT2D eigenvalue weighted by atomic mass is 16.4. The number of benzene rings is 2. The molecule has 7 N–H and O–H groups in total. The largest absolute Gasteiger partial charge is 0.480 e. The lowest BCUT2D eigenvalue weighted by atomic mass is 10.1. The molecular formula is C22H30N6O3. The Morgan fingerprint density at radius 1 is 0.968 bits per heavy atom. The highest BCUT2D eigenvalue weighted by Crippen LogP contribution is 2.08. The summed E-state index contributed by atoms with van der Waals surface area (Å²) < 4.78 is 0. The molecule has 0 aliphatic heterocycles. The molecule has 9 nitrogen and oxygen atoms in total. The van der Waals surface area contributed by atoms with E-state index in [-0.39, 0.29) is 18.9 Å². The Balaban J connectivity index is 1.91. The monoisotopic (exact) mass is 426 g/mol. The number of guanidine groups is 1. The van der Waals surface area contributed by atoms with Crippen molar-refractivity contribution < 1.29 is 14.7 Å². The summed E-state index contributed by atoms with van der Waals surface area (Å²) >= 11 is 0. The molecule has 0 aliphatic carbocycles. The summed E-state index contributed by atoms with van der Waals surface area (Å²) in [5, 5.41) is 13.8. The molecule has 2 aromatic carbocycles. The van der Waals surface area contributed by atoms with Gasteiger partial charge >= 0.3 is 5.97 Å². The number of rotatable bonds is 13. The van der Waals surface area contributed by atoms with E-state index < -0.39 is 17.9 Å². The number of nitrogens with zero attached hydrogens (tertiary/aromatic N) is 2. The SMILES string of the molecule is NC(N)=NCCC[C@H](NC(=O)CNN(Cc1ccccc1)Cc1ccccc1)C(=O)O. The molecule has 0 saturated heterocycles. The predicted molar refractivity (Wildman–Crippen MR) is 120 cm³/mol. The van der Waals surface area contributed by atoms with Gasteiger partial charge in [0.05, 0.1) is 6.54 Å². The molecule has 2 rings (SSSR count). The minimum absolute atomic E-state index is 0.0443. The second-order valence-electron chi connectivity index (χ2n) is 7.07. The molecular weight excluding hydrogens is 396 g/mol. The summed E-state index contributed by atoms with van der Waals surface area (Å²) in [6.45, 7) is 1.44. The van der Waals surface area contributed by atoms with E-state index in [9.17, 15) is 14.7 Å². The summed E-state index contributed by atoms with van der Waals surface area (Å²) in [4.78, 5) is 27.7. The van der Waals surface area contributed by atoms with Crippen LogP contribution in [0.5, 0.6) is 0 Å². The van der Waals surface area contributed by atoms with Crippen molar-refractivity contribution in [1.29, 1.82) is 0 Å². The number of hydrogen-bond acceptors (Lipinski definition) is 5. The summed E-state index contributed by atoms with van der Waals surface area (Å²) in [6.07, 6.45) is 0.673. The zero-order valence-corrected chi connectivity index (χ0v) is 17.4. The number of nitrogens with two attached hydrogens (primary N) is 2. The van der Waals surface area contributed by atoms with E-state index >= 15 is 0 Å². The fraction of sp³-hybridized carbons (Fsp3) is 0.318. The first-order chi connectivity index (χ1) is 14.9. The number of nitrogens with one attached hydrogen (secondary N) is 2. The van der Waals surface area contributed by atoms with Crippen LogP contribution in [0.3, 0.4) is 0 Å². The van der Waals surface area contributed by atoms with Gasteiger partial charge in [-0.15, -0.1) is 0 Å². The Morgan fingerprint density at radius 2 is 1.52 bits per heavy atom. The first-order valence-corrected chi connectivity index (χ1v) is 10.1. The Kier molecular flexibility index (Phi) is 9.99. The third-order valence-electron chi connectivity index (χ3n) is 4.47. The smallest absolute Gasteiger partial charge is 0.326 e. The molecule has 166 valence electrons. The maximum absolute atomic E-state index is 12.4. The van der Waals surface area contributed by atoms with Crippen molar-refractivity contribution in [2.75, 3.05) is 13.1 Å². The fourth-order valence-corrected chi connectivity index (χ4v) is 2.97. The van der Waals surface area contributed by atoms with Gasteiger partial charge in [0.15, 0.2) is 5.96 Å². The number of hydrogen-bond donors (Lipinski definition) is 5. The highest BCUT2D eigenvalue weighted by molar-refractivity contribution is 5.84. The Morgan fingerprint density at radius 3 is 2.00 bits per heavy atom. The lowest BCUT2D eigenvalue weighted by Crippen LogP contribution is -2.48. The molecule has 0 saturated carbocycles. The van der Waals surface area contributed by atoms with E-state index in [1.807, 2.05) is 65.7 Å². The summed E-state index contributed by atoms with van der Waals surface area (Å²) in [5.74, 6) is -1.54. The van der Waals surface area contributed by atoms with Crippen molar-refractivity contribution in [3.8, 4) is 0 Å². The van der Waals surface area contributed by atoms with Gasteiger partial charge in [-0.25, -0.2) is 15.2 Å². The van der Waals surface area contributed by atoms with Crippen LogP contribution in [0.4, 0.5) is 0 Å². The molecule has 0 unspecified atom stereocenters. The average Bonchev–Trinajstić information content (AvgIpc) is 2.75. The molecule has 1 atom stereocenters. The second-order valence-corrected chi connectivity index (χ2v) is 7.07. The lowest BCUT2D eigenvalue weighted by Gasteiger charge is -2.24. The van der Waals surface area contributed by atoms with Crippen LogP contribution in [0, 0.1) is 0 Å². The van der Waals surface area contributed by atoms with Crippen LogP contribution < -0.4 is 22.2 Å². The standard InChI is InChI=1S/C22H30N6O3/c23-22(24)25-13-7-12-19(21(30)31)27-20(29)14-26-28(15-17-8-3-1-4-9-17)16-18-10-5-2-6-11-18/h1-6,8-11,19,26H,7,12-16H2,(H,27,29)(H,30,31)(H4,23,24,25)/t19-/m0/s1. The number of carboxylic acid groups (broad SMARTS) is 1. The predicted octanol–water partition coefficient (Wildman–Crippen LogP) is 0.816. The van der Waals surface area contributed by atoms with Crippen molar-refractivity contribution in [3.05, 3.63) is 71.8 Å². The number of carbonyl (C=O) groups is 2. The van der Waals surface area contributed by atoms with Crippen LogP contribution in [-0.4, -0.2) is 47.1 Å². The van der Waals surface area contributed by atoms with Gasteiger partial charge in [0.25, 0.3) is 0 Å². The van der Waals surface area contributed by atoms with Gasteiger partial charge < -0.3 is 21.9 Å². The Hall–Kier alpha value is -3.43. The Bertz CT molecular complexity index is 799. The van der Waals surface area contributed by atoms with E-state index in [0.29, 0.717) is 26.1 Å². The van der Waals surface area contributed by atoms with Crippen LogP contribution in [0.2, 0.25) is 0 Å². The van der Waals surface area contributed by atoms with E-state index in [1.165, 1.54) is 0 Å². The molecule has 1 amide bonds. The molecule has 0 bridgehead atoms. The molecule has 0 radical (unpaired) electrons. The third-order valence-corrected chi connectivity index (χ3v) is 4.47. The zero-order chi connectivity index (χ0) is 22.5. The number of aliphatic imine (C=N–C) groups is 1. The van der Waals surface area contributed by atoms with E-state index in [4.69, 9.17) is 11.5 Å². The number of aliphatic carboxylic acids is 1. The van der Waals surface area contributed by atoms with Crippen molar-refractivity contribution in [1.82, 2.24) is 15.8 Å². The average molecular weight is 427 g/mol. The van der Waals surface area contributed by atoms with Gasteiger partial charge in [0, 0.05) is 19.6 Å². The van der Waals surface area contributed by atoms with Gasteiger partial charge in [-0.2, -0.15) is 0 Å². The van der Waals surface area contributed by atoms with Gasteiger partial charge in [-0.3, -0.25) is 9.79 Å². The van der Waals surface area contributed by atoms with E-state index in [2.05, 4.69) is 15.7 Å². The van der Waals surface area contributed by atoms with Crippen LogP contribution in [0.25, 0.3) is 0 Å². The van der Waals surface area contributed by atoms with Gasteiger partial charge in [-0.1, -0.05) is 60.7 Å². The maximum Gasteiger partial charge on any atom is 0.326 e. The number of carboxylic acids is 1. The van der Waals surface area contributed by atoms with Gasteiger partial charge in [0.2, 0.25) is 5.91 Å². The van der Waals surface area contributed by atoms with Gasteiger partial charge in [0.1, 0.15) is 6.04 Å². The van der Waals surface area contributed by atoms with Crippen molar-refractivity contribution in [2.24, 2.45) is 16.5 Å². The second kappa shape index (κ2) is 13.0. The zero-order valence-electron chi connectivity index (χ0n) is 17.4. The topological polar surface area (TPSA) is 146 Å². The van der Waals surface area contributed by atoms with Crippen LogP contribution in [0.15, 0.2) is 65.7 Å². The van der Waals surface area contributed by atoms with Crippen LogP contribution in [-0.2, 0) is 22.7 Å². The van der Waals surface area contributed by atoms with Crippen LogP contribution in [0.1, 0.15) is 24.0 Å². The Labute approximate surface area is 182 Å². The van der Waals surface area contributed by atoms with Crippen LogP contribution >= 0.6 is 0 Å². The summed E-state index contributed by atoms with van der Waals surface area (Å²) in [7, 11) is 0. The minimum atomic E-state index is -1.09. The molecule has 31 heavy (non-hydrogen) atoms. The minimum Gasteiger partial charge on any atom is -0.480 e. The van der Waals surface area contributed by atoms with Gasteiger partial charge in [-0.05, 0) is 24.0 Å². The maximum atomic E-state index is 12.4. The molecule has 2 aromatic rings. The third kappa shape index (κ3) is 9.75. The number of hydrazine groups is 1. The summed E-state index contributed by atoms with van der Waals surface area (Å²) in [5.41, 5.74) is 15.8. The van der Waals surface area contributed by atoms with E-state index in [0.717, 1.165) is 11.1 Å². The number of amides is 1. The molecule has 0 aromatic heterocycles.